The highest BCUT2D eigenvalue weighted by molar-refractivity contribution is 5.91. The topological polar surface area (TPSA) is 96.7 Å². The molecule has 2 rings (SSSR count). The number of aromatic amines is 1. The van der Waals surface area contributed by atoms with Crippen LogP contribution < -0.4 is 11.1 Å². The number of rotatable bonds is 4. The molecule has 0 fully saturated rings. The summed E-state index contributed by atoms with van der Waals surface area (Å²) >= 11 is 0. The van der Waals surface area contributed by atoms with Crippen LogP contribution in [0.3, 0.4) is 0 Å². The Bertz CT molecular complexity index is 564. The lowest BCUT2D eigenvalue weighted by Gasteiger charge is -2.07. The van der Waals surface area contributed by atoms with Gasteiger partial charge in [0.1, 0.15) is 5.82 Å². The van der Waals surface area contributed by atoms with Crippen LogP contribution in [0.15, 0.2) is 24.3 Å². The number of nitrogens with one attached hydrogen (secondary N) is 2. The third-order valence-corrected chi connectivity index (χ3v) is 2.53. The maximum Gasteiger partial charge on any atom is 0.225 e. The van der Waals surface area contributed by atoms with Crippen molar-refractivity contribution in [2.24, 2.45) is 5.73 Å². The SMILES string of the molecule is Cc1nc(-c2ccc(NC(=O)CC(C)N)cc2)n[nH]1.Cl. The third-order valence-electron chi connectivity index (χ3n) is 2.53. The number of hydrogen-bond acceptors (Lipinski definition) is 4. The van der Waals surface area contributed by atoms with Crippen molar-refractivity contribution in [3.05, 3.63) is 30.1 Å². The van der Waals surface area contributed by atoms with Crippen LogP contribution in [0.2, 0.25) is 0 Å². The van der Waals surface area contributed by atoms with Crippen molar-refractivity contribution < 1.29 is 4.79 Å². The second-order valence-electron chi connectivity index (χ2n) is 4.55. The lowest BCUT2D eigenvalue weighted by atomic mass is 10.2. The van der Waals surface area contributed by atoms with Gasteiger partial charge in [-0.2, -0.15) is 5.10 Å². The maximum atomic E-state index is 11.6. The van der Waals surface area contributed by atoms with E-state index in [1.54, 1.807) is 6.92 Å². The molecule has 0 bridgehead atoms. The molecule has 0 saturated carbocycles. The molecule has 1 unspecified atom stereocenters. The number of anilines is 1. The summed E-state index contributed by atoms with van der Waals surface area (Å²) in [7, 11) is 0. The lowest BCUT2D eigenvalue weighted by Crippen LogP contribution is -2.23. The Morgan fingerprint density at radius 2 is 2.05 bits per heavy atom. The molecule has 1 aromatic heterocycles. The molecule has 0 spiro atoms. The third kappa shape index (κ3) is 4.32. The van der Waals surface area contributed by atoms with Crippen molar-refractivity contribution in [3.63, 3.8) is 0 Å². The Morgan fingerprint density at radius 1 is 1.40 bits per heavy atom. The van der Waals surface area contributed by atoms with Crippen molar-refractivity contribution in [2.45, 2.75) is 26.3 Å². The molecular weight excluding hydrogens is 278 g/mol. The van der Waals surface area contributed by atoms with E-state index >= 15 is 0 Å². The summed E-state index contributed by atoms with van der Waals surface area (Å²) in [6, 6.07) is 7.23. The highest BCUT2D eigenvalue weighted by Crippen LogP contribution is 2.17. The van der Waals surface area contributed by atoms with Gasteiger partial charge in [-0.1, -0.05) is 0 Å². The summed E-state index contributed by atoms with van der Waals surface area (Å²) in [5.41, 5.74) is 7.20. The van der Waals surface area contributed by atoms with E-state index in [9.17, 15) is 4.79 Å². The Hall–Kier alpha value is -1.92. The minimum absolute atomic E-state index is 0. The first kappa shape index (κ1) is 16.1. The molecule has 6 nitrogen and oxygen atoms in total. The first-order chi connectivity index (χ1) is 9.04. The zero-order valence-electron chi connectivity index (χ0n) is 11.4. The van der Waals surface area contributed by atoms with Crippen LogP contribution in [0.5, 0.6) is 0 Å². The molecule has 0 aliphatic rings. The van der Waals surface area contributed by atoms with Gasteiger partial charge in [-0.15, -0.1) is 12.4 Å². The summed E-state index contributed by atoms with van der Waals surface area (Å²) in [4.78, 5) is 15.8. The van der Waals surface area contributed by atoms with Gasteiger partial charge in [-0.3, -0.25) is 9.89 Å². The number of hydrogen-bond donors (Lipinski definition) is 3. The van der Waals surface area contributed by atoms with Crippen LogP contribution in [-0.2, 0) is 4.79 Å². The number of aryl methyl sites for hydroxylation is 1. The minimum atomic E-state index is -0.143. The van der Waals surface area contributed by atoms with Gasteiger partial charge in [0.05, 0.1) is 0 Å². The molecule has 0 saturated heterocycles. The highest BCUT2D eigenvalue weighted by Gasteiger charge is 2.07. The Morgan fingerprint density at radius 3 is 2.55 bits per heavy atom. The lowest BCUT2D eigenvalue weighted by molar-refractivity contribution is -0.116. The van der Waals surface area contributed by atoms with Gasteiger partial charge in [0.15, 0.2) is 5.82 Å². The Balaban J connectivity index is 0.00000200. The predicted molar refractivity (Wildman–Crippen MR) is 80.7 cm³/mol. The minimum Gasteiger partial charge on any atom is -0.327 e. The first-order valence-corrected chi connectivity index (χ1v) is 6.09. The van der Waals surface area contributed by atoms with E-state index in [1.807, 2.05) is 31.2 Å². The molecule has 1 aromatic carbocycles. The summed E-state index contributed by atoms with van der Waals surface area (Å²) in [6.07, 6.45) is 0.307. The molecule has 0 aliphatic heterocycles. The number of nitrogens with two attached hydrogens (primary N) is 1. The van der Waals surface area contributed by atoms with Gasteiger partial charge in [-0.05, 0) is 38.1 Å². The van der Waals surface area contributed by atoms with Crippen molar-refractivity contribution in [1.29, 1.82) is 0 Å². The Labute approximate surface area is 123 Å². The second-order valence-corrected chi connectivity index (χ2v) is 4.55. The smallest absolute Gasteiger partial charge is 0.225 e. The Kier molecular flexibility index (Phi) is 5.66. The van der Waals surface area contributed by atoms with Gasteiger partial charge in [-0.25, -0.2) is 4.98 Å². The van der Waals surface area contributed by atoms with E-state index in [-0.39, 0.29) is 24.4 Å². The summed E-state index contributed by atoms with van der Waals surface area (Å²) < 4.78 is 0. The van der Waals surface area contributed by atoms with Gasteiger partial charge in [0.25, 0.3) is 0 Å². The predicted octanol–water partition coefficient (Wildman–Crippen LogP) is 1.88. The van der Waals surface area contributed by atoms with E-state index in [0.29, 0.717) is 12.2 Å². The molecular formula is C13H18ClN5O. The summed E-state index contributed by atoms with van der Waals surface area (Å²) in [5.74, 6) is 1.33. The van der Waals surface area contributed by atoms with E-state index < -0.39 is 0 Å². The molecule has 1 heterocycles. The van der Waals surface area contributed by atoms with E-state index in [2.05, 4.69) is 20.5 Å². The summed E-state index contributed by atoms with van der Waals surface area (Å²) in [5, 5.41) is 9.66. The fourth-order valence-electron chi connectivity index (χ4n) is 1.68. The fraction of sp³-hybridized carbons (Fsp3) is 0.308. The average Bonchev–Trinajstić information content (AvgIpc) is 2.75. The monoisotopic (exact) mass is 295 g/mol. The molecule has 7 heteroatoms. The number of H-pyrrole nitrogens is 1. The van der Waals surface area contributed by atoms with E-state index in [4.69, 9.17) is 5.73 Å². The molecule has 20 heavy (non-hydrogen) atoms. The molecule has 108 valence electrons. The van der Waals surface area contributed by atoms with Gasteiger partial charge >= 0.3 is 0 Å². The first-order valence-electron chi connectivity index (χ1n) is 6.09. The van der Waals surface area contributed by atoms with Gasteiger partial charge < -0.3 is 11.1 Å². The molecule has 0 radical (unpaired) electrons. The fourth-order valence-corrected chi connectivity index (χ4v) is 1.68. The number of nitrogens with zero attached hydrogens (tertiary/aromatic N) is 2. The maximum absolute atomic E-state index is 11.6. The number of carbonyl (C=O) groups excluding carboxylic acids is 1. The van der Waals surface area contributed by atoms with E-state index in [0.717, 1.165) is 17.1 Å². The van der Waals surface area contributed by atoms with Crippen molar-refractivity contribution >= 4 is 24.0 Å². The van der Waals surface area contributed by atoms with Crippen molar-refractivity contribution in [1.82, 2.24) is 15.2 Å². The number of benzene rings is 1. The molecule has 2 aromatic rings. The zero-order valence-corrected chi connectivity index (χ0v) is 12.2. The highest BCUT2D eigenvalue weighted by atomic mass is 35.5. The van der Waals surface area contributed by atoms with Crippen LogP contribution >= 0.6 is 12.4 Å². The average molecular weight is 296 g/mol. The standard InChI is InChI=1S/C13H17N5O.ClH/c1-8(14)7-12(19)16-11-5-3-10(4-6-11)13-15-9(2)17-18-13;/h3-6,8H,7,14H2,1-2H3,(H,16,19)(H,15,17,18);1H. The normalized spacial score (nSPS) is 11.6. The van der Waals surface area contributed by atoms with Gasteiger partial charge in [0.2, 0.25) is 5.91 Å². The number of halogens is 1. The van der Waals surface area contributed by atoms with Gasteiger partial charge in [0, 0.05) is 23.7 Å². The van der Waals surface area contributed by atoms with Crippen molar-refractivity contribution in [3.8, 4) is 11.4 Å². The number of aromatic nitrogens is 3. The molecule has 1 amide bonds. The molecule has 4 N–H and O–H groups in total. The summed E-state index contributed by atoms with van der Waals surface area (Å²) in [6.45, 7) is 3.65. The van der Waals surface area contributed by atoms with Crippen LogP contribution in [0, 0.1) is 6.92 Å². The van der Waals surface area contributed by atoms with Crippen molar-refractivity contribution in [2.75, 3.05) is 5.32 Å². The van der Waals surface area contributed by atoms with Crippen LogP contribution in [0.4, 0.5) is 5.69 Å². The number of carbonyl (C=O) groups is 1. The van der Waals surface area contributed by atoms with Crippen LogP contribution in [-0.4, -0.2) is 27.1 Å². The quantitative estimate of drug-likeness (QED) is 0.802. The van der Waals surface area contributed by atoms with E-state index in [1.165, 1.54) is 0 Å². The molecule has 0 aliphatic carbocycles. The number of amides is 1. The second kappa shape index (κ2) is 7.02. The largest absolute Gasteiger partial charge is 0.327 e. The van der Waals surface area contributed by atoms with Crippen LogP contribution in [0.25, 0.3) is 11.4 Å². The molecule has 1 atom stereocenters. The zero-order chi connectivity index (χ0) is 13.8. The van der Waals surface area contributed by atoms with Crippen LogP contribution in [0.1, 0.15) is 19.2 Å².